The average molecular weight is 794 g/mol. The zero-order valence-corrected chi connectivity index (χ0v) is 36.4. The number of carbonyl (C=O) groups is 4. The van der Waals surface area contributed by atoms with Crippen LogP contribution in [0.3, 0.4) is 0 Å². The van der Waals surface area contributed by atoms with Crippen molar-refractivity contribution in [3.8, 4) is 0 Å². The van der Waals surface area contributed by atoms with Crippen LogP contribution in [0.25, 0.3) is 0 Å². The van der Waals surface area contributed by atoms with Gasteiger partial charge in [0.05, 0.1) is 30.8 Å². The highest BCUT2D eigenvalue weighted by Crippen LogP contribution is 2.33. The van der Waals surface area contributed by atoms with Crippen molar-refractivity contribution in [1.82, 2.24) is 5.32 Å². The van der Waals surface area contributed by atoms with Crippen molar-refractivity contribution in [3.63, 3.8) is 0 Å². The number of ether oxygens (including phenoxy) is 8. The molecule has 324 valence electrons. The number of aliphatic hydroxyl groups is 2. The molecule has 0 aromatic carbocycles. The lowest BCUT2D eigenvalue weighted by Crippen LogP contribution is -2.53. The monoisotopic (exact) mass is 794 g/mol. The van der Waals surface area contributed by atoms with Crippen molar-refractivity contribution >= 4 is 23.7 Å². The molecule has 2 fully saturated rings. The van der Waals surface area contributed by atoms with E-state index >= 15 is 0 Å². The lowest BCUT2D eigenvalue weighted by molar-refractivity contribution is -0.268. The van der Waals surface area contributed by atoms with Gasteiger partial charge in [0.1, 0.15) is 17.8 Å². The van der Waals surface area contributed by atoms with Crippen LogP contribution in [0.4, 0.5) is 0 Å². The van der Waals surface area contributed by atoms with Crippen LogP contribution in [0.5, 0.6) is 0 Å². The summed E-state index contributed by atoms with van der Waals surface area (Å²) in [7, 11) is 6.83. The summed E-state index contributed by atoms with van der Waals surface area (Å²) in [4.78, 5) is 47.7. The minimum Gasteiger partial charge on any atom is -0.462 e. The fourth-order valence-electron chi connectivity index (χ4n) is 5.77. The van der Waals surface area contributed by atoms with Gasteiger partial charge in [0.25, 0.3) is 0 Å². The number of esters is 3. The Hall–Kier alpha value is -2.50. The fraction of sp³-hybridized carbons (Fsp3) is 0.850. The molecule has 3 aliphatic heterocycles. The van der Waals surface area contributed by atoms with Gasteiger partial charge in [-0.05, 0) is 85.5 Å². The topological polar surface area (TPSA) is 195 Å². The fourth-order valence-corrected chi connectivity index (χ4v) is 5.77. The molecule has 3 rings (SSSR count). The number of allylic oxidation sites excluding steroid dienone is 1. The Kier molecular flexibility index (Phi) is 27.8. The van der Waals surface area contributed by atoms with Crippen LogP contribution in [0.15, 0.2) is 11.6 Å². The molecular formula is C40H75NO14. The SMILES string of the molecule is CC.CC.CNC.COC1(C)CC(O)OCC1OC(C)=O.COC1(C)CCC(=O)/C(C)=C/C(C)(O)COC(=O)C(C)CCC1OC1OCCCC1OC(C)=O. The Morgan fingerprint density at radius 3 is 1.98 bits per heavy atom. The first-order chi connectivity index (χ1) is 25.8. The molecular weight excluding hydrogens is 718 g/mol. The average Bonchev–Trinajstić information content (AvgIpc) is 3.14. The Bertz CT molecular complexity index is 1150. The van der Waals surface area contributed by atoms with Gasteiger partial charge in [0, 0.05) is 40.9 Å². The highest BCUT2D eigenvalue weighted by Gasteiger charge is 2.44. The summed E-state index contributed by atoms with van der Waals surface area (Å²) in [5, 5.41) is 22.6. The molecule has 0 saturated carbocycles. The molecule has 0 aromatic heterocycles. The normalized spacial score (nSPS) is 33.9. The summed E-state index contributed by atoms with van der Waals surface area (Å²) < 4.78 is 44.0. The maximum atomic E-state index is 12.8. The van der Waals surface area contributed by atoms with Crippen LogP contribution in [0.1, 0.15) is 121 Å². The van der Waals surface area contributed by atoms with Crippen molar-refractivity contribution in [3.05, 3.63) is 11.6 Å². The summed E-state index contributed by atoms with van der Waals surface area (Å²) in [6, 6.07) is 0. The maximum Gasteiger partial charge on any atom is 0.308 e. The number of hydrogen-bond donors (Lipinski definition) is 3. The van der Waals surface area contributed by atoms with Crippen LogP contribution >= 0.6 is 0 Å². The second-order valence-corrected chi connectivity index (χ2v) is 14.0. The van der Waals surface area contributed by atoms with E-state index in [1.807, 2.05) is 48.7 Å². The third-order valence-corrected chi connectivity index (χ3v) is 9.04. The van der Waals surface area contributed by atoms with Crippen molar-refractivity contribution in [1.29, 1.82) is 0 Å². The minimum atomic E-state index is -1.44. The van der Waals surface area contributed by atoms with Gasteiger partial charge in [-0.2, -0.15) is 0 Å². The van der Waals surface area contributed by atoms with Crippen LogP contribution in [0.2, 0.25) is 0 Å². The van der Waals surface area contributed by atoms with Crippen LogP contribution in [-0.2, 0) is 57.1 Å². The first-order valence-electron chi connectivity index (χ1n) is 19.5. The quantitative estimate of drug-likeness (QED) is 0.245. The second kappa shape index (κ2) is 28.0. The van der Waals surface area contributed by atoms with E-state index in [4.69, 9.17) is 37.9 Å². The summed E-state index contributed by atoms with van der Waals surface area (Å²) in [5.74, 6) is -1.83. The van der Waals surface area contributed by atoms with E-state index in [0.29, 0.717) is 44.3 Å². The van der Waals surface area contributed by atoms with Gasteiger partial charge >= 0.3 is 17.9 Å². The van der Waals surface area contributed by atoms with Crippen molar-refractivity contribution in [2.24, 2.45) is 5.92 Å². The van der Waals surface area contributed by atoms with Crippen molar-refractivity contribution in [2.45, 2.75) is 169 Å². The summed E-state index contributed by atoms with van der Waals surface area (Å²) >= 11 is 0. The molecule has 9 atom stereocenters. The Morgan fingerprint density at radius 1 is 0.891 bits per heavy atom. The van der Waals surface area contributed by atoms with Crippen molar-refractivity contribution in [2.75, 3.05) is 48.1 Å². The molecule has 0 aliphatic carbocycles. The largest absolute Gasteiger partial charge is 0.462 e. The molecule has 9 unspecified atom stereocenters. The highest BCUT2D eigenvalue weighted by atomic mass is 16.7. The van der Waals surface area contributed by atoms with E-state index in [1.165, 1.54) is 34.0 Å². The zero-order valence-electron chi connectivity index (χ0n) is 36.4. The summed E-state index contributed by atoms with van der Waals surface area (Å²) in [5.41, 5.74) is -2.62. The number of methoxy groups -OCH3 is 2. The van der Waals surface area contributed by atoms with E-state index in [9.17, 15) is 29.4 Å². The summed E-state index contributed by atoms with van der Waals surface area (Å²) in [6.07, 6.45) is 1.28. The first-order valence-corrected chi connectivity index (χ1v) is 19.5. The molecule has 55 heavy (non-hydrogen) atoms. The van der Waals surface area contributed by atoms with Gasteiger partial charge in [0.2, 0.25) is 0 Å². The standard InChI is InChI=1S/C25H40O9.C9H16O5.C2H7N.2C2H6/c1-16-9-10-21(34-23-20(33-18(3)26)8-7-13-31-23)25(5,30-6)12-11-19(27)17(2)14-24(4,29)15-32-22(16)28;1-6(10)14-7-5-13-8(11)4-9(7,2)12-3;1-3-2;2*1-2/h14,16,20-21,23,29H,7-13,15H2,1-6H3;7-8,11H,4-5H2,1-3H3;3H,1-2H3;2*1-2H3/b17-14+;;;;. The zero-order chi connectivity index (χ0) is 43.0. The molecule has 2 saturated heterocycles. The van der Waals surface area contributed by atoms with Crippen LogP contribution in [0, 0.1) is 5.92 Å². The molecule has 3 heterocycles. The maximum absolute atomic E-state index is 12.8. The molecule has 0 amide bonds. The van der Waals surface area contributed by atoms with Gasteiger partial charge in [-0.25, -0.2) is 0 Å². The van der Waals surface area contributed by atoms with E-state index in [0.717, 1.165) is 6.42 Å². The predicted molar refractivity (Wildman–Crippen MR) is 208 cm³/mol. The Morgan fingerprint density at radius 2 is 1.45 bits per heavy atom. The Labute approximate surface area is 330 Å². The number of rotatable bonds is 6. The van der Waals surface area contributed by atoms with Gasteiger partial charge < -0.3 is 53.4 Å². The smallest absolute Gasteiger partial charge is 0.308 e. The third kappa shape index (κ3) is 20.5. The predicted octanol–water partition coefficient (Wildman–Crippen LogP) is 4.81. The number of nitrogens with one attached hydrogen (secondary N) is 1. The lowest BCUT2D eigenvalue weighted by Gasteiger charge is -2.41. The first kappa shape index (κ1) is 54.6. The molecule has 3 aliphatic rings. The molecule has 15 nitrogen and oxygen atoms in total. The second-order valence-electron chi connectivity index (χ2n) is 14.0. The number of hydrogen-bond acceptors (Lipinski definition) is 15. The van der Waals surface area contributed by atoms with Gasteiger partial charge in [-0.1, -0.05) is 34.6 Å². The minimum absolute atomic E-state index is 0.147. The number of cyclic esters (lactones) is 1. The summed E-state index contributed by atoms with van der Waals surface area (Å²) in [6.45, 7) is 19.6. The molecule has 0 radical (unpaired) electrons. The van der Waals surface area contributed by atoms with E-state index in [1.54, 1.807) is 27.9 Å². The van der Waals surface area contributed by atoms with Crippen molar-refractivity contribution < 1.29 is 67.3 Å². The number of aliphatic hydroxyl groups excluding tert-OH is 1. The molecule has 0 aromatic rings. The molecule has 15 heteroatoms. The number of carbonyl (C=O) groups excluding carboxylic acids is 4. The molecule has 0 spiro atoms. The lowest BCUT2D eigenvalue weighted by atomic mass is 9.86. The van der Waals surface area contributed by atoms with E-state index in [-0.39, 0.29) is 31.4 Å². The molecule has 0 bridgehead atoms. The third-order valence-electron chi connectivity index (χ3n) is 9.04. The van der Waals surface area contributed by atoms with Gasteiger partial charge in [0.15, 0.2) is 30.6 Å². The Balaban J connectivity index is 0. The van der Waals surface area contributed by atoms with Crippen LogP contribution in [-0.4, -0.2) is 130 Å². The molecule has 3 N–H and O–H groups in total. The van der Waals surface area contributed by atoms with Gasteiger partial charge in [-0.3, -0.25) is 19.2 Å². The van der Waals surface area contributed by atoms with E-state index < -0.39 is 65.6 Å². The number of Topliss-reactive ketones (excluding diaryl/α,β-unsaturated/α-hetero) is 1. The highest BCUT2D eigenvalue weighted by molar-refractivity contribution is 5.94. The van der Waals surface area contributed by atoms with Gasteiger partial charge in [-0.15, -0.1) is 0 Å². The number of ketones is 1. The van der Waals surface area contributed by atoms with E-state index in [2.05, 4.69) is 5.32 Å². The van der Waals surface area contributed by atoms with Crippen LogP contribution < -0.4 is 5.32 Å².